The van der Waals surface area contributed by atoms with Crippen molar-refractivity contribution in [1.82, 2.24) is 0 Å². The molecule has 0 radical (unpaired) electrons. The van der Waals surface area contributed by atoms with E-state index in [1.54, 1.807) is 0 Å². The lowest BCUT2D eigenvalue weighted by Gasteiger charge is -1.95. The number of unbranched alkanes of at least 4 members (excludes halogenated alkanes) is 5. The van der Waals surface area contributed by atoms with Crippen molar-refractivity contribution in [3.63, 3.8) is 0 Å². The molecule has 0 aromatic rings. The van der Waals surface area contributed by atoms with Crippen molar-refractivity contribution in [2.24, 2.45) is 0 Å². The van der Waals surface area contributed by atoms with Crippen molar-refractivity contribution in [3.05, 3.63) is 49.1 Å². The molecule has 0 saturated carbocycles. The summed E-state index contributed by atoms with van der Waals surface area (Å²) in [7, 11) is 0. The van der Waals surface area contributed by atoms with Gasteiger partial charge in [-0.05, 0) is 25.7 Å². The predicted octanol–water partition coefficient (Wildman–Crippen LogP) is 5.98. The van der Waals surface area contributed by atoms with Crippen molar-refractivity contribution in [2.75, 3.05) is 0 Å². The van der Waals surface area contributed by atoms with E-state index in [9.17, 15) is 0 Å². The minimum absolute atomic E-state index is 1.01. The third kappa shape index (κ3) is 15.0. The number of hydrogen-bond acceptors (Lipinski definition) is 0. The largest absolute Gasteiger partial charge is 0.0991 e. The van der Waals surface area contributed by atoms with Crippen LogP contribution in [0.3, 0.4) is 0 Å². The third-order valence-corrected chi connectivity index (χ3v) is 2.62. The lowest BCUT2D eigenvalue weighted by Crippen LogP contribution is -1.75. The van der Waals surface area contributed by atoms with Crippen LogP contribution in [0.5, 0.6) is 0 Å². The first-order valence-corrected chi connectivity index (χ1v) is 6.99. The Balaban J connectivity index is 3.24. The summed E-state index contributed by atoms with van der Waals surface area (Å²) < 4.78 is 0. The molecule has 0 aliphatic heterocycles. The SMILES string of the molecule is C=CC=CCC=CCC=CCCCCCCC. The fourth-order valence-corrected chi connectivity index (χ4v) is 1.60. The monoisotopic (exact) mass is 232 g/mol. The van der Waals surface area contributed by atoms with Crippen LogP contribution in [0.1, 0.15) is 58.3 Å². The molecule has 0 atom stereocenters. The molecule has 0 aliphatic carbocycles. The molecule has 0 amide bonds. The summed E-state index contributed by atoms with van der Waals surface area (Å²) in [6, 6.07) is 0. The summed E-state index contributed by atoms with van der Waals surface area (Å²) in [5.74, 6) is 0. The fraction of sp³-hybridized carbons (Fsp3) is 0.529. The average molecular weight is 232 g/mol. The number of allylic oxidation sites excluding steroid dienone is 7. The van der Waals surface area contributed by atoms with Gasteiger partial charge in [0, 0.05) is 0 Å². The van der Waals surface area contributed by atoms with Gasteiger partial charge in [0.1, 0.15) is 0 Å². The van der Waals surface area contributed by atoms with Crippen LogP contribution in [0.15, 0.2) is 49.1 Å². The Hall–Kier alpha value is -1.04. The van der Waals surface area contributed by atoms with Gasteiger partial charge in [0.25, 0.3) is 0 Å². The molecule has 0 aromatic heterocycles. The van der Waals surface area contributed by atoms with Crippen LogP contribution in [0, 0.1) is 0 Å². The zero-order valence-electron chi connectivity index (χ0n) is 11.4. The predicted molar refractivity (Wildman–Crippen MR) is 80.2 cm³/mol. The van der Waals surface area contributed by atoms with Crippen LogP contribution in [0.25, 0.3) is 0 Å². The quantitative estimate of drug-likeness (QED) is 0.233. The Labute approximate surface area is 108 Å². The molecule has 0 rings (SSSR count). The van der Waals surface area contributed by atoms with E-state index in [0.717, 1.165) is 12.8 Å². The first-order chi connectivity index (χ1) is 8.41. The summed E-state index contributed by atoms with van der Waals surface area (Å²) in [6.45, 7) is 5.89. The summed E-state index contributed by atoms with van der Waals surface area (Å²) in [5.41, 5.74) is 0. The molecule has 17 heavy (non-hydrogen) atoms. The van der Waals surface area contributed by atoms with Crippen LogP contribution in [-0.2, 0) is 0 Å². The van der Waals surface area contributed by atoms with E-state index in [-0.39, 0.29) is 0 Å². The van der Waals surface area contributed by atoms with Gasteiger partial charge in [0.05, 0.1) is 0 Å². The normalized spacial score (nSPS) is 12.1. The molecule has 0 aromatic carbocycles. The minimum atomic E-state index is 1.01. The maximum absolute atomic E-state index is 3.63. The average Bonchev–Trinajstić information content (AvgIpc) is 2.35. The van der Waals surface area contributed by atoms with Crippen LogP contribution in [0.4, 0.5) is 0 Å². The first-order valence-electron chi connectivity index (χ1n) is 6.99. The standard InChI is InChI=1S/C17H28/c1-3-5-7-9-11-13-15-17-16-14-12-10-8-6-4-2/h3,5,7,11,13,16-17H,1,4,6,8-10,12,14-15H2,2H3. The summed E-state index contributed by atoms with van der Waals surface area (Å²) >= 11 is 0. The van der Waals surface area contributed by atoms with E-state index in [0.29, 0.717) is 0 Å². The van der Waals surface area contributed by atoms with Crippen molar-refractivity contribution in [1.29, 1.82) is 0 Å². The summed E-state index contributed by atoms with van der Waals surface area (Å²) in [4.78, 5) is 0. The molecule has 0 nitrogen and oxygen atoms in total. The molecule has 0 aliphatic rings. The van der Waals surface area contributed by atoms with Gasteiger partial charge in [0.15, 0.2) is 0 Å². The lowest BCUT2D eigenvalue weighted by molar-refractivity contribution is 0.637. The van der Waals surface area contributed by atoms with Crippen molar-refractivity contribution in [3.8, 4) is 0 Å². The maximum atomic E-state index is 3.63. The Morgan fingerprint density at radius 2 is 1.41 bits per heavy atom. The zero-order valence-corrected chi connectivity index (χ0v) is 11.4. The third-order valence-electron chi connectivity index (χ3n) is 2.62. The van der Waals surface area contributed by atoms with Gasteiger partial charge in [-0.2, -0.15) is 0 Å². The van der Waals surface area contributed by atoms with Crippen molar-refractivity contribution >= 4 is 0 Å². The highest BCUT2D eigenvalue weighted by Gasteiger charge is 1.85. The second-order valence-electron chi connectivity index (χ2n) is 4.28. The van der Waals surface area contributed by atoms with Crippen molar-refractivity contribution in [2.45, 2.75) is 58.3 Å². The van der Waals surface area contributed by atoms with Crippen LogP contribution in [0.2, 0.25) is 0 Å². The molecule has 0 heteroatoms. The number of hydrogen-bond donors (Lipinski definition) is 0. The highest BCUT2D eigenvalue weighted by Crippen LogP contribution is 2.05. The molecule has 0 N–H and O–H groups in total. The second-order valence-corrected chi connectivity index (χ2v) is 4.28. The molecular formula is C17H28. The smallest absolute Gasteiger partial charge is 0.0166 e. The second kappa shape index (κ2) is 15.0. The Morgan fingerprint density at radius 1 is 0.765 bits per heavy atom. The molecular weight excluding hydrogens is 204 g/mol. The summed E-state index contributed by atoms with van der Waals surface area (Å²) in [5, 5.41) is 0. The minimum Gasteiger partial charge on any atom is -0.0991 e. The van der Waals surface area contributed by atoms with Crippen LogP contribution < -0.4 is 0 Å². The first kappa shape index (κ1) is 16.0. The van der Waals surface area contributed by atoms with Gasteiger partial charge in [-0.1, -0.05) is 81.7 Å². The molecule has 0 unspecified atom stereocenters. The van der Waals surface area contributed by atoms with Gasteiger partial charge >= 0.3 is 0 Å². The molecule has 0 spiro atoms. The molecule has 0 saturated heterocycles. The van der Waals surface area contributed by atoms with Gasteiger partial charge in [-0.3, -0.25) is 0 Å². The van der Waals surface area contributed by atoms with Gasteiger partial charge in [-0.15, -0.1) is 0 Å². The zero-order chi connectivity index (χ0) is 12.6. The van der Waals surface area contributed by atoms with E-state index < -0.39 is 0 Å². The summed E-state index contributed by atoms with van der Waals surface area (Å²) in [6.07, 6.45) is 25.1. The Kier molecular flexibility index (Phi) is 14.0. The number of rotatable bonds is 11. The fourth-order valence-electron chi connectivity index (χ4n) is 1.60. The Morgan fingerprint density at radius 3 is 2.12 bits per heavy atom. The van der Waals surface area contributed by atoms with E-state index in [1.807, 2.05) is 12.2 Å². The van der Waals surface area contributed by atoms with E-state index in [1.165, 1.54) is 38.5 Å². The van der Waals surface area contributed by atoms with E-state index in [2.05, 4.69) is 43.9 Å². The maximum Gasteiger partial charge on any atom is -0.0166 e. The van der Waals surface area contributed by atoms with Gasteiger partial charge in [0.2, 0.25) is 0 Å². The van der Waals surface area contributed by atoms with Gasteiger partial charge in [-0.25, -0.2) is 0 Å². The van der Waals surface area contributed by atoms with E-state index >= 15 is 0 Å². The highest BCUT2D eigenvalue weighted by atomic mass is 13.9. The van der Waals surface area contributed by atoms with Crippen LogP contribution >= 0.6 is 0 Å². The molecule has 0 bridgehead atoms. The molecule has 0 heterocycles. The Bertz CT molecular complexity index is 230. The molecule has 96 valence electrons. The van der Waals surface area contributed by atoms with Crippen molar-refractivity contribution < 1.29 is 0 Å². The van der Waals surface area contributed by atoms with Gasteiger partial charge < -0.3 is 0 Å². The van der Waals surface area contributed by atoms with Crippen LogP contribution in [-0.4, -0.2) is 0 Å². The molecule has 0 fully saturated rings. The highest BCUT2D eigenvalue weighted by molar-refractivity contribution is 5.02. The lowest BCUT2D eigenvalue weighted by atomic mass is 10.1. The topological polar surface area (TPSA) is 0 Å². The van der Waals surface area contributed by atoms with E-state index in [4.69, 9.17) is 0 Å².